The first kappa shape index (κ1) is 13.8. The second kappa shape index (κ2) is 7.12. The number of amides is 1. The molecule has 0 spiro atoms. The summed E-state index contributed by atoms with van der Waals surface area (Å²) in [7, 11) is 1.82. The quantitative estimate of drug-likeness (QED) is 0.730. The molecule has 0 aromatic rings. The minimum Gasteiger partial charge on any atom is -0.396 e. The monoisotopic (exact) mass is 219 g/mol. The first-order valence-electron chi connectivity index (χ1n) is 4.93. The van der Waals surface area contributed by atoms with E-state index in [-0.39, 0.29) is 24.5 Å². The minimum absolute atomic E-state index is 0.162. The molecule has 0 radical (unpaired) electrons. The van der Waals surface area contributed by atoms with E-state index < -0.39 is 0 Å². The van der Waals surface area contributed by atoms with Crippen LogP contribution in [0.3, 0.4) is 0 Å². The Morgan fingerprint density at radius 2 is 2.00 bits per heavy atom. The van der Waals surface area contributed by atoms with Gasteiger partial charge in [-0.3, -0.25) is 4.79 Å². The van der Waals surface area contributed by atoms with E-state index in [9.17, 15) is 4.79 Å². The van der Waals surface area contributed by atoms with Gasteiger partial charge >= 0.3 is 0 Å². The van der Waals surface area contributed by atoms with E-state index >= 15 is 0 Å². The van der Waals surface area contributed by atoms with Crippen molar-refractivity contribution in [2.75, 3.05) is 25.2 Å². The van der Waals surface area contributed by atoms with E-state index in [2.05, 4.69) is 0 Å². The second-order valence-corrected chi connectivity index (χ2v) is 4.93. The lowest BCUT2D eigenvalue weighted by molar-refractivity contribution is -0.128. The Morgan fingerprint density at radius 1 is 1.43 bits per heavy atom. The highest BCUT2D eigenvalue weighted by Crippen LogP contribution is 2.09. The molecular formula is C10H21NO2S. The molecule has 0 aliphatic carbocycles. The van der Waals surface area contributed by atoms with Gasteiger partial charge in [0.2, 0.25) is 5.91 Å². The topological polar surface area (TPSA) is 40.5 Å². The molecule has 0 saturated heterocycles. The van der Waals surface area contributed by atoms with E-state index in [1.165, 1.54) is 0 Å². The van der Waals surface area contributed by atoms with Crippen molar-refractivity contribution in [2.45, 2.75) is 26.8 Å². The van der Waals surface area contributed by atoms with Crippen LogP contribution < -0.4 is 0 Å². The number of hydrogen-bond donors (Lipinski definition) is 1. The smallest absolute Gasteiger partial charge is 0.232 e. The van der Waals surface area contributed by atoms with Crippen LogP contribution in [0.4, 0.5) is 0 Å². The first-order valence-corrected chi connectivity index (χ1v) is 6.08. The Hall–Kier alpha value is -0.220. The van der Waals surface area contributed by atoms with Crippen molar-refractivity contribution < 1.29 is 9.90 Å². The SMILES string of the molecule is CC(CO)CSCC(=O)N(C)C(C)C. The summed E-state index contributed by atoms with van der Waals surface area (Å²) in [4.78, 5) is 13.2. The van der Waals surface area contributed by atoms with Gasteiger partial charge in [0, 0.05) is 19.7 Å². The highest BCUT2D eigenvalue weighted by Gasteiger charge is 2.11. The van der Waals surface area contributed by atoms with Gasteiger partial charge in [0.05, 0.1) is 5.75 Å². The van der Waals surface area contributed by atoms with Crippen LogP contribution >= 0.6 is 11.8 Å². The minimum atomic E-state index is 0.162. The molecule has 0 rings (SSSR count). The van der Waals surface area contributed by atoms with Crippen molar-refractivity contribution in [3.63, 3.8) is 0 Å². The summed E-state index contributed by atoms with van der Waals surface area (Å²) in [6, 6.07) is 0.262. The Morgan fingerprint density at radius 3 is 2.43 bits per heavy atom. The lowest BCUT2D eigenvalue weighted by Crippen LogP contribution is -2.34. The molecule has 0 bridgehead atoms. The predicted molar refractivity (Wildman–Crippen MR) is 61.5 cm³/mol. The molecule has 0 saturated carbocycles. The fraction of sp³-hybridized carbons (Fsp3) is 0.900. The summed E-state index contributed by atoms with van der Waals surface area (Å²) in [6.45, 7) is 6.17. The molecule has 0 aromatic carbocycles. The van der Waals surface area contributed by atoms with E-state index in [0.29, 0.717) is 5.75 Å². The lowest BCUT2D eigenvalue weighted by atomic mass is 10.2. The van der Waals surface area contributed by atoms with Crippen molar-refractivity contribution >= 4 is 17.7 Å². The summed E-state index contributed by atoms with van der Waals surface area (Å²) in [6.07, 6.45) is 0. The van der Waals surface area contributed by atoms with E-state index in [1.807, 2.05) is 27.8 Å². The zero-order valence-electron chi connectivity index (χ0n) is 9.49. The van der Waals surface area contributed by atoms with Gasteiger partial charge < -0.3 is 10.0 Å². The number of thioether (sulfide) groups is 1. The third-order valence-electron chi connectivity index (χ3n) is 2.11. The van der Waals surface area contributed by atoms with Crippen molar-refractivity contribution in [1.29, 1.82) is 0 Å². The van der Waals surface area contributed by atoms with Crippen LogP contribution in [0, 0.1) is 5.92 Å². The van der Waals surface area contributed by atoms with Gasteiger partial charge in [-0.2, -0.15) is 11.8 Å². The fourth-order valence-electron chi connectivity index (χ4n) is 0.790. The van der Waals surface area contributed by atoms with Crippen LogP contribution in [0.25, 0.3) is 0 Å². The molecule has 1 atom stereocenters. The first-order chi connectivity index (χ1) is 6.49. The van der Waals surface area contributed by atoms with Crippen LogP contribution in [0.1, 0.15) is 20.8 Å². The Balaban J connectivity index is 3.64. The maximum Gasteiger partial charge on any atom is 0.232 e. The van der Waals surface area contributed by atoms with Crippen LogP contribution in [-0.2, 0) is 4.79 Å². The molecule has 1 N–H and O–H groups in total. The largest absolute Gasteiger partial charge is 0.396 e. The summed E-state index contributed by atoms with van der Waals surface area (Å²) in [5.74, 6) is 1.79. The van der Waals surface area contributed by atoms with Crippen molar-refractivity contribution in [3.8, 4) is 0 Å². The molecule has 14 heavy (non-hydrogen) atoms. The zero-order chi connectivity index (χ0) is 11.1. The van der Waals surface area contributed by atoms with Gasteiger partial charge in [-0.25, -0.2) is 0 Å². The van der Waals surface area contributed by atoms with Crippen LogP contribution in [0.2, 0.25) is 0 Å². The molecule has 84 valence electrons. The number of aliphatic hydroxyl groups excluding tert-OH is 1. The zero-order valence-corrected chi connectivity index (χ0v) is 10.3. The van der Waals surface area contributed by atoms with E-state index in [0.717, 1.165) is 5.75 Å². The fourth-order valence-corrected chi connectivity index (χ4v) is 1.79. The van der Waals surface area contributed by atoms with Crippen molar-refractivity contribution in [3.05, 3.63) is 0 Å². The third-order valence-corrected chi connectivity index (χ3v) is 3.36. The van der Waals surface area contributed by atoms with Gasteiger partial charge in [0.25, 0.3) is 0 Å². The summed E-state index contributed by atoms with van der Waals surface area (Å²) >= 11 is 1.59. The molecule has 4 heteroatoms. The molecule has 0 aliphatic heterocycles. The molecule has 3 nitrogen and oxygen atoms in total. The Bertz CT molecular complexity index is 174. The number of carbonyl (C=O) groups excluding carboxylic acids is 1. The highest BCUT2D eigenvalue weighted by molar-refractivity contribution is 7.99. The van der Waals surface area contributed by atoms with Gasteiger partial charge in [-0.05, 0) is 25.5 Å². The van der Waals surface area contributed by atoms with E-state index in [1.54, 1.807) is 16.7 Å². The standard InChI is InChI=1S/C10H21NO2S/c1-8(2)11(4)10(13)7-14-6-9(3)5-12/h8-9,12H,5-7H2,1-4H3. The maximum atomic E-state index is 11.5. The molecule has 0 fully saturated rings. The number of carbonyl (C=O) groups is 1. The lowest BCUT2D eigenvalue weighted by Gasteiger charge is -2.21. The average Bonchev–Trinajstić information content (AvgIpc) is 2.15. The number of rotatable bonds is 6. The molecule has 0 aromatic heterocycles. The number of hydrogen-bond acceptors (Lipinski definition) is 3. The van der Waals surface area contributed by atoms with Gasteiger partial charge in [0.15, 0.2) is 0 Å². The number of aliphatic hydroxyl groups is 1. The molecule has 0 aliphatic rings. The van der Waals surface area contributed by atoms with Crippen molar-refractivity contribution in [2.24, 2.45) is 5.92 Å². The van der Waals surface area contributed by atoms with Crippen LogP contribution in [0.5, 0.6) is 0 Å². The van der Waals surface area contributed by atoms with Gasteiger partial charge in [-0.15, -0.1) is 0 Å². The van der Waals surface area contributed by atoms with Gasteiger partial charge in [0.1, 0.15) is 0 Å². The summed E-state index contributed by atoms with van der Waals surface area (Å²) < 4.78 is 0. The number of nitrogens with zero attached hydrogens (tertiary/aromatic N) is 1. The average molecular weight is 219 g/mol. The normalized spacial score (nSPS) is 13.0. The predicted octanol–water partition coefficient (Wildman–Crippen LogP) is 1.21. The summed E-state index contributed by atoms with van der Waals surface area (Å²) in [5, 5.41) is 8.79. The summed E-state index contributed by atoms with van der Waals surface area (Å²) in [5.41, 5.74) is 0. The second-order valence-electron chi connectivity index (χ2n) is 3.90. The van der Waals surface area contributed by atoms with Crippen molar-refractivity contribution in [1.82, 2.24) is 4.90 Å². The van der Waals surface area contributed by atoms with Gasteiger partial charge in [-0.1, -0.05) is 6.92 Å². The molecular weight excluding hydrogens is 198 g/mol. The molecule has 0 heterocycles. The van der Waals surface area contributed by atoms with Crippen LogP contribution in [0.15, 0.2) is 0 Å². The third kappa shape index (κ3) is 5.50. The molecule has 1 amide bonds. The molecule has 1 unspecified atom stereocenters. The Kier molecular flexibility index (Phi) is 7.01. The van der Waals surface area contributed by atoms with E-state index in [4.69, 9.17) is 5.11 Å². The van der Waals surface area contributed by atoms with Crippen LogP contribution in [-0.4, -0.2) is 47.1 Å². The maximum absolute atomic E-state index is 11.5. The highest BCUT2D eigenvalue weighted by atomic mass is 32.2. The Labute approximate surface area is 90.9 Å².